The van der Waals surface area contributed by atoms with Crippen LogP contribution in [-0.2, 0) is 4.74 Å². The van der Waals surface area contributed by atoms with Crippen molar-refractivity contribution >= 4 is 24.0 Å². The molecule has 0 spiro atoms. The summed E-state index contributed by atoms with van der Waals surface area (Å²) in [6, 6.07) is 7.06. The van der Waals surface area contributed by atoms with Crippen LogP contribution in [0.4, 0.5) is 5.69 Å². The molecule has 1 aromatic carbocycles. The molecule has 0 unspecified atom stereocenters. The van der Waals surface area contributed by atoms with Crippen molar-refractivity contribution in [3.63, 3.8) is 0 Å². The number of hydrogen-bond acceptors (Lipinski definition) is 3. The second-order valence-electron chi connectivity index (χ2n) is 3.54. The maximum Gasteiger partial charge on any atom is 0.253 e. The van der Waals surface area contributed by atoms with E-state index in [9.17, 15) is 4.79 Å². The molecule has 0 heterocycles. The van der Waals surface area contributed by atoms with Gasteiger partial charge in [0.25, 0.3) is 5.91 Å². The van der Waals surface area contributed by atoms with Crippen molar-refractivity contribution in [2.45, 2.75) is 12.8 Å². The smallest absolute Gasteiger partial charge is 0.253 e. The van der Waals surface area contributed by atoms with E-state index in [-0.39, 0.29) is 18.3 Å². The van der Waals surface area contributed by atoms with Crippen molar-refractivity contribution in [2.75, 3.05) is 26.0 Å². The van der Waals surface area contributed by atoms with Gasteiger partial charge in [0.2, 0.25) is 0 Å². The molecule has 96 valence electrons. The molecule has 0 saturated carbocycles. The normalized spacial score (nSPS) is 9.47. The van der Waals surface area contributed by atoms with Gasteiger partial charge in [0.1, 0.15) is 0 Å². The van der Waals surface area contributed by atoms with Gasteiger partial charge in [-0.25, -0.2) is 0 Å². The van der Waals surface area contributed by atoms with Crippen LogP contribution in [-0.4, -0.2) is 26.2 Å². The number of nitrogen functional groups attached to an aromatic ring is 1. The van der Waals surface area contributed by atoms with Crippen LogP contribution in [0.5, 0.6) is 0 Å². The maximum atomic E-state index is 11.7. The molecule has 4 nitrogen and oxygen atoms in total. The molecule has 0 saturated heterocycles. The fourth-order valence-corrected chi connectivity index (χ4v) is 1.37. The summed E-state index contributed by atoms with van der Waals surface area (Å²) >= 11 is 0. The number of halogens is 1. The topological polar surface area (TPSA) is 64.3 Å². The lowest BCUT2D eigenvalue weighted by Crippen LogP contribution is -2.25. The van der Waals surface area contributed by atoms with Crippen molar-refractivity contribution in [3.8, 4) is 0 Å². The number of amides is 1. The zero-order valence-electron chi connectivity index (χ0n) is 9.94. The zero-order chi connectivity index (χ0) is 11.8. The molecular formula is C12H19ClN2O2. The molecule has 0 aliphatic carbocycles. The minimum atomic E-state index is -0.115. The molecule has 3 N–H and O–H groups in total. The minimum absolute atomic E-state index is 0. The molecule has 1 aromatic rings. The summed E-state index contributed by atoms with van der Waals surface area (Å²) in [7, 11) is 1.67. The largest absolute Gasteiger partial charge is 0.398 e. The van der Waals surface area contributed by atoms with Gasteiger partial charge in [-0.3, -0.25) is 4.79 Å². The quantitative estimate of drug-likeness (QED) is 0.605. The van der Waals surface area contributed by atoms with E-state index in [0.717, 1.165) is 19.4 Å². The van der Waals surface area contributed by atoms with Crippen molar-refractivity contribution < 1.29 is 9.53 Å². The van der Waals surface area contributed by atoms with Crippen LogP contribution in [0.3, 0.4) is 0 Å². The highest BCUT2D eigenvalue weighted by molar-refractivity contribution is 5.98. The van der Waals surface area contributed by atoms with E-state index in [1.807, 2.05) is 6.07 Å². The minimum Gasteiger partial charge on any atom is -0.398 e. The number of carbonyl (C=O) groups excluding carboxylic acids is 1. The number of nitrogens with two attached hydrogens (primary N) is 1. The fourth-order valence-electron chi connectivity index (χ4n) is 1.37. The van der Waals surface area contributed by atoms with Gasteiger partial charge in [-0.05, 0) is 25.0 Å². The maximum absolute atomic E-state index is 11.7. The molecule has 0 aliphatic heterocycles. The van der Waals surface area contributed by atoms with Crippen molar-refractivity contribution in [1.29, 1.82) is 0 Å². The second kappa shape index (κ2) is 8.84. The van der Waals surface area contributed by atoms with Crippen LogP contribution in [0.1, 0.15) is 23.2 Å². The Labute approximate surface area is 108 Å². The molecule has 0 atom stereocenters. The predicted molar refractivity (Wildman–Crippen MR) is 71.5 cm³/mol. The summed E-state index contributed by atoms with van der Waals surface area (Å²) in [5.41, 5.74) is 6.74. The average molecular weight is 259 g/mol. The third-order valence-corrected chi connectivity index (χ3v) is 2.27. The predicted octanol–water partition coefficient (Wildman–Crippen LogP) is 1.85. The monoisotopic (exact) mass is 258 g/mol. The van der Waals surface area contributed by atoms with Gasteiger partial charge < -0.3 is 15.8 Å². The summed E-state index contributed by atoms with van der Waals surface area (Å²) < 4.78 is 4.92. The summed E-state index contributed by atoms with van der Waals surface area (Å²) in [5.74, 6) is -0.115. The average Bonchev–Trinajstić information content (AvgIpc) is 2.29. The van der Waals surface area contributed by atoms with E-state index in [2.05, 4.69) is 5.32 Å². The Balaban J connectivity index is 0.00000256. The molecule has 5 heteroatoms. The highest BCUT2D eigenvalue weighted by Gasteiger charge is 2.07. The summed E-state index contributed by atoms with van der Waals surface area (Å²) in [5, 5.41) is 2.82. The Hall–Kier alpha value is -1.26. The van der Waals surface area contributed by atoms with E-state index in [1.165, 1.54) is 0 Å². The van der Waals surface area contributed by atoms with Crippen molar-refractivity contribution in [1.82, 2.24) is 5.32 Å². The highest BCUT2D eigenvalue weighted by atomic mass is 35.5. The third-order valence-electron chi connectivity index (χ3n) is 2.27. The number of methoxy groups -OCH3 is 1. The van der Waals surface area contributed by atoms with E-state index in [1.54, 1.807) is 25.3 Å². The molecule has 0 fully saturated rings. The lowest BCUT2D eigenvalue weighted by Gasteiger charge is -2.06. The molecule has 0 bridgehead atoms. The Morgan fingerprint density at radius 3 is 2.71 bits per heavy atom. The van der Waals surface area contributed by atoms with Gasteiger partial charge in [0.15, 0.2) is 0 Å². The number of rotatable bonds is 6. The van der Waals surface area contributed by atoms with Gasteiger partial charge in [0, 0.05) is 25.9 Å². The number of unbranched alkanes of at least 4 members (excludes halogenated alkanes) is 1. The van der Waals surface area contributed by atoms with E-state index >= 15 is 0 Å². The Morgan fingerprint density at radius 1 is 1.35 bits per heavy atom. The first-order valence-corrected chi connectivity index (χ1v) is 5.37. The van der Waals surface area contributed by atoms with Crippen LogP contribution in [0.2, 0.25) is 0 Å². The molecule has 1 amide bonds. The zero-order valence-corrected chi connectivity index (χ0v) is 10.8. The number of nitrogens with one attached hydrogen (secondary N) is 1. The van der Waals surface area contributed by atoms with E-state index in [4.69, 9.17) is 10.5 Å². The van der Waals surface area contributed by atoms with Crippen molar-refractivity contribution in [3.05, 3.63) is 29.8 Å². The van der Waals surface area contributed by atoms with Gasteiger partial charge in [-0.1, -0.05) is 12.1 Å². The van der Waals surface area contributed by atoms with Gasteiger partial charge in [-0.15, -0.1) is 12.4 Å². The fraction of sp³-hybridized carbons (Fsp3) is 0.417. The van der Waals surface area contributed by atoms with Crippen LogP contribution in [0.15, 0.2) is 24.3 Å². The number of ether oxygens (including phenoxy) is 1. The summed E-state index contributed by atoms with van der Waals surface area (Å²) in [4.78, 5) is 11.7. The highest BCUT2D eigenvalue weighted by Crippen LogP contribution is 2.09. The number of anilines is 1. The van der Waals surface area contributed by atoms with Crippen LogP contribution < -0.4 is 11.1 Å². The first kappa shape index (κ1) is 15.7. The molecular weight excluding hydrogens is 240 g/mol. The molecule has 0 aromatic heterocycles. The Morgan fingerprint density at radius 2 is 2.06 bits per heavy atom. The molecule has 17 heavy (non-hydrogen) atoms. The number of para-hydroxylation sites is 1. The number of benzene rings is 1. The van der Waals surface area contributed by atoms with Gasteiger partial charge in [0.05, 0.1) is 5.56 Å². The van der Waals surface area contributed by atoms with Gasteiger partial charge in [-0.2, -0.15) is 0 Å². The molecule has 0 radical (unpaired) electrons. The van der Waals surface area contributed by atoms with E-state index in [0.29, 0.717) is 17.8 Å². The number of hydrogen-bond donors (Lipinski definition) is 2. The lowest BCUT2D eigenvalue weighted by atomic mass is 10.1. The van der Waals surface area contributed by atoms with Crippen LogP contribution in [0, 0.1) is 0 Å². The number of carbonyl (C=O) groups is 1. The van der Waals surface area contributed by atoms with Crippen LogP contribution >= 0.6 is 12.4 Å². The summed E-state index contributed by atoms with van der Waals surface area (Å²) in [6.45, 7) is 1.37. The lowest BCUT2D eigenvalue weighted by molar-refractivity contribution is 0.0952. The second-order valence-corrected chi connectivity index (χ2v) is 3.54. The molecule has 0 aliphatic rings. The Bertz CT molecular complexity index is 345. The van der Waals surface area contributed by atoms with Crippen LogP contribution in [0.25, 0.3) is 0 Å². The van der Waals surface area contributed by atoms with Gasteiger partial charge >= 0.3 is 0 Å². The first-order valence-electron chi connectivity index (χ1n) is 5.37. The SMILES string of the molecule is COCCCCNC(=O)c1ccccc1N.Cl. The Kier molecular flexibility index (Phi) is 8.19. The third kappa shape index (κ3) is 5.56. The first-order chi connectivity index (χ1) is 7.75. The summed E-state index contributed by atoms with van der Waals surface area (Å²) in [6.07, 6.45) is 1.85. The van der Waals surface area contributed by atoms with Crippen molar-refractivity contribution in [2.24, 2.45) is 0 Å². The molecule has 1 rings (SSSR count). The van der Waals surface area contributed by atoms with E-state index < -0.39 is 0 Å². The standard InChI is InChI=1S/C12H18N2O2.ClH/c1-16-9-5-4-8-14-12(15)10-6-2-3-7-11(10)13;/h2-3,6-7H,4-5,8-9,13H2,1H3,(H,14,15);1H.